The van der Waals surface area contributed by atoms with Crippen LogP contribution in [0.3, 0.4) is 0 Å². The third-order valence-electron chi connectivity index (χ3n) is 8.34. The number of para-hydroxylation sites is 1. The minimum absolute atomic E-state index is 0.0320. The second-order valence-corrected chi connectivity index (χ2v) is 10.8. The van der Waals surface area contributed by atoms with Crippen LogP contribution >= 0.6 is 0 Å². The molecular formula is C44H28O. The van der Waals surface area contributed by atoms with Gasteiger partial charge in [0, 0.05) is 16.3 Å². The fourth-order valence-corrected chi connectivity index (χ4v) is 6.52. The molecule has 1 heterocycles. The second kappa shape index (κ2) is 10.4. The second-order valence-electron chi connectivity index (χ2n) is 10.8. The summed E-state index contributed by atoms with van der Waals surface area (Å²) in [5.74, 6) is 0. The molecule has 1 nitrogen and oxygen atoms in total. The van der Waals surface area contributed by atoms with Crippen LogP contribution in [0, 0.1) is 0 Å². The number of hydrogen-bond donors (Lipinski definition) is 0. The molecule has 0 spiro atoms. The predicted molar refractivity (Wildman–Crippen MR) is 190 cm³/mol. The van der Waals surface area contributed by atoms with E-state index in [9.17, 15) is 2.74 Å². The van der Waals surface area contributed by atoms with Crippen molar-refractivity contribution >= 4 is 43.5 Å². The molecule has 9 aromatic rings. The van der Waals surface area contributed by atoms with Gasteiger partial charge in [-0.1, -0.05) is 158 Å². The average molecular weight is 584 g/mol. The first kappa shape index (κ1) is 16.8. The van der Waals surface area contributed by atoms with Crippen molar-refractivity contribution in [2.75, 3.05) is 0 Å². The van der Waals surface area contributed by atoms with E-state index in [1.807, 2.05) is 91.0 Å². The zero-order valence-electron chi connectivity index (χ0n) is 34.7. The molecule has 0 N–H and O–H groups in total. The number of rotatable bonds is 4. The lowest BCUT2D eigenvalue weighted by atomic mass is 9.81. The number of benzene rings is 8. The minimum atomic E-state index is -0.480. The van der Waals surface area contributed by atoms with E-state index in [-0.39, 0.29) is 63.8 Å². The zero-order chi connectivity index (χ0) is 39.3. The Balaban J connectivity index is 1.52. The van der Waals surface area contributed by atoms with Crippen molar-refractivity contribution in [3.63, 3.8) is 0 Å². The van der Waals surface area contributed by atoms with E-state index in [4.69, 9.17) is 16.8 Å². The molecule has 1 heteroatoms. The van der Waals surface area contributed by atoms with Crippen LogP contribution in [0.5, 0.6) is 0 Å². The van der Waals surface area contributed by atoms with Crippen molar-refractivity contribution < 1.29 is 19.5 Å². The van der Waals surface area contributed by atoms with Gasteiger partial charge in [-0.15, -0.1) is 0 Å². The molecule has 0 bridgehead atoms. The first-order valence-electron chi connectivity index (χ1n) is 20.1. The van der Waals surface area contributed by atoms with E-state index in [0.717, 1.165) is 16.3 Å². The molecule has 0 saturated heterocycles. The van der Waals surface area contributed by atoms with Crippen LogP contribution in [0.2, 0.25) is 0 Å². The smallest absolute Gasteiger partial charge is 0.136 e. The Bertz CT molecular complexity index is 3070. The summed E-state index contributed by atoms with van der Waals surface area (Å²) in [5, 5.41) is 3.30. The molecule has 0 unspecified atom stereocenters. The third-order valence-corrected chi connectivity index (χ3v) is 8.34. The predicted octanol–water partition coefficient (Wildman–Crippen LogP) is 12.6. The van der Waals surface area contributed by atoms with E-state index in [2.05, 4.69) is 0 Å². The van der Waals surface area contributed by atoms with Gasteiger partial charge in [-0.05, 0) is 72.6 Å². The van der Waals surface area contributed by atoms with Crippen LogP contribution in [0.1, 0.15) is 15.1 Å². The van der Waals surface area contributed by atoms with E-state index >= 15 is 0 Å². The Morgan fingerprint density at radius 3 is 1.64 bits per heavy atom. The summed E-state index contributed by atoms with van der Waals surface area (Å²) in [6, 6.07) is 27.7. The van der Waals surface area contributed by atoms with Gasteiger partial charge in [0.15, 0.2) is 0 Å². The topological polar surface area (TPSA) is 13.1 Å². The van der Waals surface area contributed by atoms with Gasteiger partial charge in [0.2, 0.25) is 0 Å². The molecular weight excluding hydrogens is 544 g/mol. The maximum absolute atomic E-state index is 9.48. The summed E-state index contributed by atoms with van der Waals surface area (Å²) >= 11 is 0. The molecule has 1 aromatic heterocycles. The lowest BCUT2D eigenvalue weighted by molar-refractivity contribution is 0.669. The van der Waals surface area contributed by atoms with Gasteiger partial charge in [0.1, 0.15) is 11.2 Å². The van der Waals surface area contributed by atoms with Crippen LogP contribution in [-0.4, -0.2) is 0 Å². The fourth-order valence-electron chi connectivity index (χ4n) is 6.52. The fraction of sp³-hybridized carbons (Fsp3) is 0. The SMILES string of the molecule is [2H]c1c([2H])c([2H])c(-c2ccccc2-c2c3ccccc3c(-c3c(-c4ccccc4)c([2H])c([2H])c4oc5c([2H])c([2H])c([2H])c([2H])c5c34)c3ccccc23)c([2H])c1[2H]. The summed E-state index contributed by atoms with van der Waals surface area (Å²) in [5.41, 5.74) is 3.87. The Hall–Kier alpha value is -5.92. The highest BCUT2D eigenvalue weighted by atomic mass is 16.3. The molecule has 0 fully saturated rings. The molecule has 0 aliphatic heterocycles. The highest BCUT2D eigenvalue weighted by Gasteiger charge is 2.24. The van der Waals surface area contributed by atoms with Crippen molar-refractivity contribution in [1.29, 1.82) is 0 Å². The van der Waals surface area contributed by atoms with Gasteiger partial charge in [-0.2, -0.15) is 0 Å². The molecule has 8 aromatic carbocycles. The molecule has 9 rings (SSSR count). The molecule has 0 radical (unpaired) electrons. The number of fused-ring (bicyclic) bond motifs is 5. The summed E-state index contributed by atoms with van der Waals surface area (Å²) in [4.78, 5) is 0. The van der Waals surface area contributed by atoms with Crippen LogP contribution in [0.25, 0.3) is 88.0 Å². The van der Waals surface area contributed by atoms with Crippen LogP contribution < -0.4 is 0 Å². The maximum atomic E-state index is 9.48. The quantitative estimate of drug-likeness (QED) is 0.188. The Morgan fingerprint density at radius 2 is 0.933 bits per heavy atom. The van der Waals surface area contributed by atoms with Crippen LogP contribution in [0.4, 0.5) is 0 Å². The monoisotopic (exact) mass is 583 g/mol. The Kier molecular flexibility index (Phi) is 3.87. The highest BCUT2D eigenvalue weighted by Crippen LogP contribution is 2.50. The van der Waals surface area contributed by atoms with E-state index in [0.29, 0.717) is 44.2 Å². The van der Waals surface area contributed by atoms with Crippen molar-refractivity contribution in [2.45, 2.75) is 0 Å². The van der Waals surface area contributed by atoms with E-state index < -0.39 is 30.2 Å². The lowest BCUT2D eigenvalue weighted by Gasteiger charge is -2.21. The van der Waals surface area contributed by atoms with E-state index in [1.54, 1.807) is 12.1 Å². The summed E-state index contributed by atoms with van der Waals surface area (Å²) in [6.07, 6.45) is 0. The standard InChI is InChI=1S/C44H28O/c1-3-15-29(16-4-1)31-19-7-8-20-33(31)41-34-21-9-11-23-36(34)42(37-24-12-10-22-35(37)41)44-32(30-17-5-2-6-18-30)27-28-40-43(44)38-25-13-14-26-39(38)45-40/h1-28H/i1D,3D,4D,13D,14D,15D,16D,25D,26D,27D,28D. The molecule has 0 atom stereocenters. The van der Waals surface area contributed by atoms with Crippen molar-refractivity contribution in [2.24, 2.45) is 0 Å². The van der Waals surface area contributed by atoms with Crippen molar-refractivity contribution in [3.05, 3.63) is 170 Å². The number of hydrogen-bond acceptors (Lipinski definition) is 1. The van der Waals surface area contributed by atoms with Crippen LogP contribution in [0.15, 0.2) is 174 Å². The minimum Gasteiger partial charge on any atom is -0.456 e. The van der Waals surface area contributed by atoms with Gasteiger partial charge < -0.3 is 4.42 Å². The molecule has 0 saturated carbocycles. The number of furan rings is 1. The Morgan fingerprint density at radius 1 is 0.356 bits per heavy atom. The molecule has 0 aliphatic rings. The Labute approximate surface area is 277 Å². The zero-order valence-corrected chi connectivity index (χ0v) is 23.7. The summed E-state index contributed by atoms with van der Waals surface area (Å²) < 4.78 is 103. The maximum Gasteiger partial charge on any atom is 0.136 e. The third kappa shape index (κ3) is 4.02. The summed E-state index contributed by atoms with van der Waals surface area (Å²) in [6.45, 7) is 0. The first-order valence-corrected chi connectivity index (χ1v) is 14.6. The molecule has 0 amide bonds. The summed E-state index contributed by atoms with van der Waals surface area (Å²) in [7, 11) is 0. The van der Waals surface area contributed by atoms with Gasteiger partial charge in [-0.3, -0.25) is 0 Å². The van der Waals surface area contributed by atoms with Gasteiger partial charge >= 0.3 is 0 Å². The highest BCUT2D eigenvalue weighted by molar-refractivity contribution is 6.28. The largest absolute Gasteiger partial charge is 0.456 e. The molecule has 45 heavy (non-hydrogen) atoms. The average Bonchev–Trinajstić information content (AvgIpc) is 3.63. The van der Waals surface area contributed by atoms with Crippen LogP contribution in [-0.2, 0) is 0 Å². The van der Waals surface area contributed by atoms with Crippen molar-refractivity contribution in [1.82, 2.24) is 0 Å². The van der Waals surface area contributed by atoms with Crippen molar-refractivity contribution in [3.8, 4) is 44.5 Å². The normalized spacial score (nSPS) is 15.0. The first-order chi connectivity index (χ1) is 26.9. The molecule has 210 valence electrons. The molecule has 0 aliphatic carbocycles. The van der Waals surface area contributed by atoms with Gasteiger partial charge in [0.25, 0.3) is 0 Å². The van der Waals surface area contributed by atoms with Gasteiger partial charge in [0.05, 0.1) is 15.1 Å². The lowest BCUT2D eigenvalue weighted by Crippen LogP contribution is -1.94. The van der Waals surface area contributed by atoms with E-state index in [1.165, 1.54) is 0 Å². The van der Waals surface area contributed by atoms with Gasteiger partial charge in [-0.25, -0.2) is 0 Å².